The highest BCUT2D eigenvalue weighted by Crippen LogP contribution is 2.38. The van der Waals surface area contributed by atoms with E-state index in [2.05, 4.69) is 5.32 Å². The van der Waals surface area contributed by atoms with Crippen molar-refractivity contribution >= 4 is 40.8 Å². The minimum absolute atomic E-state index is 0.0190. The monoisotopic (exact) mass is 421 g/mol. The molecule has 0 atom stereocenters. The number of rotatable bonds is 4. The highest BCUT2D eigenvalue weighted by atomic mass is 32.2. The average Bonchev–Trinajstić information content (AvgIpc) is 3.23. The molecule has 1 fully saturated rings. The molecule has 8 heteroatoms. The van der Waals surface area contributed by atoms with Crippen LogP contribution in [0, 0.1) is 5.82 Å². The topological polar surface area (TPSA) is 61.4 Å². The zero-order valence-electron chi connectivity index (χ0n) is 16.2. The third kappa shape index (κ3) is 3.70. The number of aryl methyl sites for hydroxylation is 1. The average molecular weight is 422 g/mol. The van der Waals surface area contributed by atoms with Crippen LogP contribution in [-0.4, -0.2) is 41.3 Å². The second-order valence-corrected chi connectivity index (χ2v) is 8.29. The van der Waals surface area contributed by atoms with Crippen molar-refractivity contribution < 1.29 is 9.18 Å². The van der Waals surface area contributed by atoms with Crippen LogP contribution < -0.4 is 15.1 Å². The minimum atomic E-state index is -0.304. The molecule has 5 rings (SSSR count). The molecule has 0 spiro atoms. The van der Waals surface area contributed by atoms with Gasteiger partial charge >= 0.3 is 0 Å². The zero-order chi connectivity index (χ0) is 20.5. The summed E-state index contributed by atoms with van der Waals surface area (Å²) in [4.78, 5) is 27.0. The lowest BCUT2D eigenvalue weighted by molar-refractivity contribution is -0.117. The van der Waals surface area contributed by atoms with Crippen LogP contribution in [0.1, 0.15) is 5.69 Å². The van der Waals surface area contributed by atoms with E-state index in [9.17, 15) is 9.18 Å². The number of thioether (sulfide) groups is 1. The lowest BCUT2D eigenvalue weighted by Gasteiger charge is -2.34. The van der Waals surface area contributed by atoms with E-state index in [0.717, 1.165) is 28.5 Å². The van der Waals surface area contributed by atoms with E-state index < -0.39 is 0 Å². The van der Waals surface area contributed by atoms with Gasteiger partial charge < -0.3 is 15.1 Å². The van der Waals surface area contributed by atoms with E-state index >= 15 is 0 Å². The summed E-state index contributed by atoms with van der Waals surface area (Å²) in [5.41, 5.74) is 2.52. The number of carbonyl (C=O) groups excluding carboxylic acids is 1. The molecule has 0 unspecified atom stereocenters. The molecule has 0 bridgehead atoms. The number of aromatic nitrogens is 2. The first-order valence-electron chi connectivity index (χ1n) is 9.84. The molecule has 152 valence electrons. The summed E-state index contributed by atoms with van der Waals surface area (Å²) in [7, 11) is 0. The van der Waals surface area contributed by atoms with Crippen LogP contribution in [0.15, 0.2) is 59.5 Å². The molecule has 0 saturated carbocycles. The third-order valence-corrected chi connectivity index (χ3v) is 6.29. The molecule has 1 amide bonds. The molecule has 6 nitrogen and oxygen atoms in total. The fraction of sp³-hybridized carbons (Fsp3) is 0.227. The van der Waals surface area contributed by atoms with E-state index in [-0.39, 0.29) is 18.3 Å². The molecule has 3 heterocycles. The Hall–Kier alpha value is -3.13. The van der Waals surface area contributed by atoms with Crippen LogP contribution in [0.25, 0.3) is 0 Å². The van der Waals surface area contributed by atoms with Gasteiger partial charge in [-0.2, -0.15) is 4.98 Å². The Morgan fingerprint density at radius 2 is 1.90 bits per heavy atom. The van der Waals surface area contributed by atoms with Crippen LogP contribution in [0.3, 0.4) is 0 Å². The standard InChI is InChI=1S/C22H20FN5OS/c23-15-5-4-6-16(13-15)24-21-20-18(9-12-30-20)25-22(26-21)27-10-11-28(19(29)14-27)17-7-2-1-3-8-17/h1-8,13H,9-12,14H2,(H,24,25,26). The Morgan fingerprint density at radius 3 is 2.70 bits per heavy atom. The number of amides is 1. The number of nitrogens with zero attached hydrogens (tertiary/aromatic N) is 4. The Kier molecular flexibility index (Phi) is 5.00. The quantitative estimate of drug-likeness (QED) is 0.690. The number of hydrogen-bond donors (Lipinski definition) is 1. The fourth-order valence-electron chi connectivity index (χ4n) is 3.71. The normalized spacial score (nSPS) is 16.0. The lowest BCUT2D eigenvalue weighted by atomic mass is 10.2. The summed E-state index contributed by atoms with van der Waals surface area (Å²) in [6.45, 7) is 1.44. The number of benzene rings is 2. The van der Waals surface area contributed by atoms with Crippen LogP contribution >= 0.6 is 11.8 Å². The van der Waals surface area contributed by atoms with Gasteiger partial charge in [-0.1, -0.05) is 24.3 Å². The first kappa shape index (κ1) is 18.9. The highest BCUT2D eigenvalue weighted by molar-refractivity contribution is 7.99. The third-order valence-electron chi connectivity index (χ3n) is 5.17. The first-order chi connectivity index (χ1) is 14.7. The van der Waals surface area contributed by atoms with Crippen molar-refractivity contribution in [2.75, 3.05) is 40.5 Å². The summed E-state index contributed by atoms with van der Waals surface area (Å²) < 4.78 is 13.6. The molecule has 1 N–H and O–H groups in total. The summed E-state index contributed by atoms with van der Waals surface area (Å²) in [6.07, 6.45) is 0.852. The van der Waals surface area contributed by atoms with Gasteiger partial charge in [-0.15, -0.1) is 11.8 Å². The molecule has 30 heavy (non-hydrogen) atoms. The van der Waals surface area contributed by atoms with Gasteiger partial charge in [0.25, 0.3) is 0 Å². The number of piperazine rings is 1. The molecular weight excluding hydrogens is 401 g/mol. The highest BCUT2D eigenvalue weighted by Gasteiger charge is 2.29. The number of anilines is 4. The van der Waals surface area contributed by atoms with Crippen molar-refractivity contribution in [1.82, 2.24) is 9.97 Å². The first-order valence-corrected chi connectivity index (χ1v) is 10.8. The molecule has 1 saturated heterocycles. The van der Waals surface area contributed by atoms with Crippen molar-refractivity contribution in [2.45, 2.75) is 11.3 Å². The predicted octanol–water partition coefficient (Wildman–Crippen LogP) is 3.86. The van der Waals surface area contributed by atoms with Crippen molar-refractivity contribution in [3.8, 4) is 0 Å². The molecule has 2 aliphatic rings. The van der Waals surface area contributed by atoms with Gasteiger partial charge in [0, 0.05) is 36.6 Å². The smallest absolute Gasteiger partial charge is 0.246 e. The maximum absolute atomic E-state index is 13.6. The molecule has 1 aromatic heterocycles. The Labute approximate surface area is 178 Å². The second-order valence-electron chi connectivity index (χ2n) is 7.18. The van der Waals surface area contributed by atoms with Crippen LogP contribution in [0.5, 0.6) is 0 Å². The molecular formula is C22H20FN5OS. The minimum Gasteiger partial charge on any atom is -0.339 e. The summed E-state index contributed by atoms with van der Waals surface area (Å²) in [5.74, 6) is 1.86. The van der Waals surface area contributed by atoms with Crippen molar-refractivity contribution in [3.63, 3.8) is 0 Å². The second kappa shape index (κ2) is 7.95. The molecule has 3 aromatic rings. The SMILES string of the molecule is O=C1CN(c2nc3c(c(Nc4cccc(F)c4)n2)SCC3)CCN1c1ccccc1. The number of fused-ring (bicyclic) bond motifs is 1. The van der Waals surface area contributed by atoms with Gasteiger partial charge in [0.1, 0.15) is 18.2 Å². The number of para-hydroxylation sites is 1. The van der Waals surface area contributed by atoms with Crippen molar-refractivity contribution in [2.24, 2.45) is 0 Å². The lowest BCUT2D eigenvalue weighted by Crippen LogP contribution is -2.51. The van der Waals surface area contributed by atoms with Gasteiger partial charge in [-0.3, -0.25) is 4.79 Å². The van der Waals surface area contributed by atoms with E-state index in [4.69, 9.17) is 9.97 Å². The summed E-state index contributed by atoms with van der Waals surface area (Å²) in [6, 6.07) is 16.0. The summed E-state index contributed by atoms with van der Waals surface area (Å²) in [5, 5.41) is 3.24. The fourth-order valence-corrected chi connectivity index (χ4v) is 4.76. The van der Waals surface area contributed by atoms with Crippen LogP contribution in [-0.2, 0) is 11.2 Å². The largest absolute Gasteiger partial charge is 0.339 e. The van der Waals surface area contributed by atoms with Gasteiger partial charge in [0.2, 0.25) is 11.9 Å². The van der Waals surface area contributed by atoms with Gasteiger partial charge in [-0.05, 0) is 30.3 Å². The summed E-state index contributed by atoms with van der Waals surface area (Å²) >= 11 is 1.70. The van der Waals surface area contributed by atoms with Gasteiger partial charge in [-0.25, -0.2) is 9.37 Å². The van der Waals surface area contributed by atoms with E-state index in [1.54, 1.807) is 28.8 Å². The number of halogens is 1. The zero-order valence-corrected chi connectivity index (χ0v) is 17.0. The molecule has 2 aromatic carbocycles. The van der Waals surface area contributed by atoms with Crippen molar-refractivity contribution in [1.29, 1.82) is 0 Å². The van der Waals surface area contributed by atoms with E-state index in [1.165, 1.54) is 12.1 Å². The maximum atomic E-state index is 13.6. The van der Waals surface area contributed by atoms with Gasteiger partial charge in [0.15, 0.2) is 0 Å². The number of nitrogens with one attached hydrogen (secondary N) is 1. The Bertz CT molecular complexity index is 1090. The molecule has 2 aliphatic heterocycles. The van der Waals surface area contributed by atoms with Crippen LogP contribution in [0.4, 0.5) is 27.5 Å². The predicted molar refractivity (Wildman–Crippen MR) is 117 cm³/mol. The maximum Gasteiger partial charge on any atom is 0.246 e. The number of hydrogen-bond acceptors (Lipinski definition) is 6. The van der Waals surface area contributed by atoms with Crippen molar-refractivity contribution in [3.05, 3.63) is 66.1 Å². The Morgan fingerprint density at radius 1 is 1.03 bits per heavy atom. The van der Waals surface area contributed by atoms with Gasteiger partial charge in [0.05, 0.1) is 10.6 Å². The van der Waals surface area contributed by atoms with E-state index in [0.29, 0.717) is 30.5 Å². The number of carbonyl (C=O) groups is 1. The molecule has 0 aliphatic carbocycles. The van der Waals surface area contributed by atoms with E-state index in [1.807, 2.05) is 35.2 Å². The van der Waals surface area contributed by atoms with Crippen LogP contribution in [0.2, 0.25) is 0 Å². The molecule has 0 radical (unpaired) electrons. The Balaban J connectivity index is 1.41.